The number of hydrogen-bond acceptors (Lipinski definition) is 6. The minimum atomic E-state index is 0.309. The SMILES string of the molecule is Cc1cc(Nc2nnc(-c3ccc(Oc4ccncc4)cc3)o2)ccc1Cl. The number of nitrogens with zero attached hydrogens (tertiary/aromatic N) is 3. The molecule has 0 bridgehead atoms. The summed E-state index contributed by atoms with van der Waals surface area (Å²) in [4.78, 5) is 3.96. The lowest BCUT2D eigenvalue weighted by Gasteiger charge is -2.05. The first-order chi connectivity index (χ1) is 13.2. The lowest BCUT2D eigenvalue weighted by atomic mass is 10.2. The average molecular weight is 379 g/mol. The first-order valence-electron chi connectivity index (χ1n) is 8.22. The van der Waals surface area contributed by atoms with Crippen LogP contribution in [0.5, 0.6) is 11.5 Å². The van der Waals surface area contributed by atoms with Crippen molar-refractivity contribution in [2.75, 3.05) is 5.32 Å². The fourth-order valence-corrected chi connectivity index (χ4v) is 2.56. The molecule has 4 aromatic rings. The van der Waals surface area contributed by atoms with Crippen LogP contribution in [0.2, 0.25) is 5.02 Å². The number of benzene rings is 2. The number of halogens is 1. The van der Waals surface area contributed by atoms with Crippen molar-refractivity contribution in [3.63, 3.8) is 0 Å². The van der Waals surface area contributed by atoms with Crippen LogP contribution < -0.4 is 10.1 Å². The highest BCUT2D eigenvalue weighted by Gasteiger charge is 2.10. The summed E-state index contributed by atoms with van der Waals surface area (Å²) >= 11 is 6.04. The maximum atomic E-state index is 6.04. The Bertz CT molecular complexity index is 1050. The van der Waals surface area contributed by atoms with Crippen molar-refractivity contribution >= 4 is 23.3 Å². The van der Waals surface area contributed by atoms with E-state index in [2.05, 4.69) is 20.5 Å². The molecule has 2 aromatic heterocycles. The third kappa shape index (κ3) is 4.07. The summed E-state index contributed by atoms with van der Waals surface area (Å²) in [6.45, 7) is 1.93. The van der Waals surface area contributed by atoms with Gasteiger partial charge in [-0.2, -0.15) is 0 Å². The lowest BCUT2D eigenvalue weighted by molar-refractivity contribution is 0.482. The van der Waals surface area contributed by atoms with Crippen LogP contribution >= 0.6 is 11.6 Å². The smallest absolute Gasteiger partial charge is 0.320 e. The normalized spacial score (nSPS) is 10.6. The van der Waals surface area contributed by atoms with E-state index in [0.717, 1.165) is 22.6 Å². The number of ether oxygens (including phenoxy) is 1. The quantitative estimate of drug-likeness (QED) is 0.485. The summed E-state index contributed by atoms with van der Waals surface area (Å²) in [7, 11) is 0. The van der Waals surface area contributed by atoms with Crippen LogP contribution in [0.4, 0.5) is 11.7 Å². The van der Waals surface area contributed by atoms with Gasteiger partial charge in [-0.3, -0.25) is 4.98 Å². The average Bonchev–Trinajstić information content (AvgIpc) is 3.15. The van der Waals surface area contributed by atoms with Crippen LogP contribution in [-0.2, 0) is 0 Å². The zero-order chi connectivity index (χ0) is 18.6. The van der Waals surface area contributed by atoms with E-state index >= 15 is 0 Å². The molecule has 0 aliphatic heterocycles. The highest BCUT2D eigenvalue weighted by Crippen LogP contribution is 2.27. The second-order valence-corrected chi connectivity index (χ2v) is 6.22. The number of rotatable bonds is 5. The molecular weight excluding hydrogens is 364 g/mol. The second-order valence-electron chi connectivity index (χ2n) is 5.81. The minimum Gasteiger partial charge on any atom is -0.457 e. The molecule has 6 nitrogen and oxygen atoms in total. The summed E-state index contributed by atoms with van der Waals surface area (Å²) in [5.74, 6) is 1.85. The highest BCUT2D eigenvalue weighted by atomic mass is 35.5. The second kappa shape index (κ2) is 7.47. The number of pyridine rings is 1. The van der Waals surface area contributed by atoms with Gasteiger partial charge in [0, 0.05) is 28.7 Å². The maximum absolute atomic E-state index is 6.04. The van der Waals surface area contributed by atoms with Gasteiger partial charge in [-0.05, 0) is 67.1 Å². The van der Waals surface area contributed by atoms with Crippen molar-refractivity contribution in [1.29, 1.82) is 0 Å². The molecule has 1 N–H and O–H groups in total. The zero-order valence-corrected chi connectivity index (χ0v) is 15.1. The third-order valence-electron chi connectivity index (χ3n) is 3.82. The van der Waals surface area contributed by atoms with Gasteiger partial charge in [0.05, 0.1) is 0 Å². The molecule has 0 aliphatic carbocycles. The number of nitrogens with one attached hydrogen (secondary N) is 1. The van der Waals surface area contributed by atoms with E-state index in [-0.39, 0.29) is 0 Å². The van der Waals surface area contributed by atoms with Gasteiger partial charge >= 0.3 is 6.01 Å². The van der Waals surface area contributed by atoms with Gasteiger partial charge < -0.3 is 14.5 Å². The molecule has 4 rings (SSSR count). The predicted molar refractivity (Wildman–Crippen MR) is 104 cm³/mol. The van der Waals surface area contributed by atoms with Gasteiger partial charge in [-0.25, -0.2) is 0 Å². The molecule has 134 valence electrons. The largest absolute Gasteiger partial charge is 0.457 e. The molecule has 0 saturated carbocycles. The molecule has 0 spiro atoms. The standard InChI is InChI=1S/C20H15ClN4O2/c1-13-12-15(4-7-18(13)21)23-20-25-24-19(27-20)14-2-5-16(6-3-14)26-17-8-10-22-11-9-17/h2-12H,1H3,(H,23,25). The fourth-order valence-electron chi connectivity index (χ4n) is 2.44. The third-order valence-corrected chi connectivity index (χ3v) is 4.24. The first kappa shape index (κ1) is 17.1. The Balaban J connectivity index is 1.47. The summed E-state index contributed by atoms with van der Waals surface area (Å²) in [5.41, 5.74) is 2.59. The van der Waals surface area contributed by atoms with Crippen LogP contribution in [-0.4, -0.2) is 15.2 Å². The molecule has 2 heterocycles. The highest BCUT2D eigenvalue weighted by molar-refractivity contribution is 6.31. The van der Waals surface area contributed by atoms with Crippen molar-refractivity contribution < 1.29 is 9.15 Å². The predicted octanol–water partition coefficient (Wildman–Crippen LogP) is 5.63. The molecule has 2 aromatic carbocycles. The van der Waals surface area contributed by atoms with Crippen molar-refractivity contribution in [2.24, 2.45) is 0 Å². The van der Waals surface area contributed by atoms with Gasteiger partial charge in [0.15, 0.2) is 0 Å². The Morgan fingerprint density at radius 1 is 0.926 bits per heavy atom. The van der Waals surface area contributed by atoms with E-state index in [0.29, 0.717) is 22.7 Å². The molecule has 0 unspecified atom stereocenters. The summed E-state index contributed by atoms with van der Waals surface area (Å²) in [5, 5.41) is 11.9. The molecule has 27 heavy (non-hydrogen) atoms. The molecule has 0 fully saturated rings. The number of aryl methyl sites for hydroxylation is 1. The van der Waals surface area contributed by atoms with E-state index in [1.165, 1.54) is 0 Å². The minimum absolute atomic E-state index is 0.309. The Morgan fingerprint density at radius 2 is 1.67 bits per heavy atom. The van der Waals surface area contributed by atoms with Crippen LogP contribution in [0.25, 0.3) is 11.5 Å². The van der Waals surface area contributed by atoms with Crippen molar-refractivity contribution in [2.45, 2.75) is 6.92 Å². The molecule has 0 aliphatic rings. The van der Waals surface area contributed by atoms with Crippen molar-refractivity contribution in [3.05, 3.63) is 77.6 Å². The van der Waals surface area contributed by atoms with E-state index < -0.39 is 0 Å². The van der Waals surface area contributed by atoms with Crippen LogP contribution in [0, 0.1) is 6.92 Å². The molecule has 0 radical (unpaired) electrons. The van der Waals surface area contributed by atoms with Crippen LogP contribution in [0.15, 0.2) is 71.4 Å². The van der Waals surface area contributed by atoms with Gasteiger partial charge in [-0.15, -0.1) is 5.10 Å². The Kier molecular flexibility index (Phi) is 4.72. The van der Waals surface area contributed by atoms with Gasteiger partial charge in [0.1, 0.15) is 11.5 Å². The monoisotopic (exact) mass is 378 g/mol. The summed E-state index contributed by atoms with van der Waals surface area (Å²) < 4.78 is 11.4. The fraction of sp³-hybridized carbons (Fsp3) is 0.0500. The molecule has 7 heteroatoms. The lowest BCUT2D eigenvalue weighted by Crippen LogP contribution is -1.91. The molecule has 0 atom stereocenters. The summed E-state index contributed by atoms with van der Waals surface area (Å²) in [6.07, 6.45) is 3.36. The van der Waals surface area contributed by atoms with Gasteiger partial charge in [-0.1, -0.05) is 16.7 Å². The Hall–Kier alpha value is -3.38. The summed E-state index contributed by atoms with van der Waals surface area (Å²) in [6, 6.07) is 16.9. The van der Waals surface area contributed by atoms with Crippen LogP contribution in [0.3, 0.4) is 0 Å². The Morgan fingerprint density at radius 3 is 2.41 bits per heavy atom. The number of aromatic nitrogens is 3. The van der Waals surface area contributed by atoms with Crippen molar-refractivity contribution in [1.82, 2.24) is 15.2 Å². The zero-order valence-electron chi connectivity index (χ0n) is 14.4. The van der Waals surface area contributed by atoms with Gasteiger partial charge in [0.2, 0.25) is 5.89 Å². The number of hydrogen-bond donors (Lipinski definition) is 1. The Labute approximate surface area is 160 Å². The topological polar surface area (TPSA) is 73.1 Å². The van der Waals surface area contributed by atoms with E-state index in [4.69, 9.17) is 20.8 Å². The van der Waals surface area contributed by atoms with E-state index in [1.54, 1.807) is 24.5 Å². The maximum Gasteiger partial charge on any atom is 0.320 e. The van der Waals surface area contributed by atoms with E-state index in [9.17, 15) is 0 Å². The van der Waals surface area contributed by atoms with E-state index in [1.807, 2.05) is 49.4 Å². The molecular formula is C20H15ClN4O2. The van der Waals surface area contributed by atoms with Crippen LogP contribution in [0.1, 0.15) is 5.56 Å². The molecule has 0 saturated heterocycles. The van der Waals surface area contributed by atoms with Crippen molar-refractivity contribution in [3.8, 4) is 23.0 Å². The first-order valence-corrected chi connectivity index (χ1v) is 8.60. The number of anilines is 2. The van der Waals surface area contributed by atoms with Gasteiger partial charge in [0.25, 0.3) is 0 Å². The molecule has 0 amide bonds.